The quantitative estimate of drug-likeness (QED) is 0.0476. The number of aryl methyl sites for hydroxylation is 1. The van der Waals surface area contributed by atoms with Gasteiger partial charge >= 0.3 is 5.97 Å². The van der Waals surface area contributed by atoms with Gasteiger partial charge in [0.25, 0.3) is 0 Å². The van der Waals surface area contributed by atoms with Crippen LogP contribution in [0, 0.1) is 32.8 Å². The van der Waals surface area contributed by atoms with Gasteiger partial charge in [-0.1, -0.05) is 83.3 Å². The van der Waals surface area contributed by atoms with E-state index in [4.69, 9.17) is 0 Å². The second-order valence-corrected chi connectivity index (χ2v) is 10.5. The lowest BCUT2D eigenvalue weighted by molar-refractivity contribution is -0.135. The summed E-state index contributed by atoms with van der Waals surface area (Å²) in [4.78, 5) is 11.9. The minimum absolute atomic E-state index is 0.0495. The maximum Gasteiger partial charge on any atom is 0.311 e. The summed E-state index contributed by atoms with van der Waals surface area (Å²) < 4.78 is 59.5. The third-order valence-corrected chi connectivity index (χ3v) is 6.85. The molecule has 0 saturated carbocycles. The molecule has 2 aromatic rings. The number of hydrogen-bond donors (Lipinski definition) is 0. The number of benzene rings is 2. The van der Waals surface area contributed by atoms with E-state index in [2.05, 4.69) is 51.6 Å². The largest absolute Gasteiger partial charge is 0.420 e. The summed E-state index contributed by atoms with van der Waals surface area (Å²) in [6.45, 7) is 1.85. The number of ether oxygens (including phenoxy) is 1. The van der Waals surface area contributed by atoms with Gasteiger partial charge in [0, 0.05) is 16.1 Å². The fraction of sp³-hybridized carbons (Fsp3) is 0.536. The molecule has 2 nitrogen and oxygen atoms in total. The van der Waals surface area contributed by atoms with Crippen LogP contribution in [-0.4, -0.2) is 5.97 Å². The van der Waals surface area contributed by atoms with Crippen LogP contribution in [0.1, 0.15) is 89.5 Å². The van der Waals surface area contributed by atoms with E-state index >= 15 is 0 Å². The van der Waals surface area contributed by atoms with Gasteiger partial charge in [-0.15, -0.1) is 0 Å². The number of carbonyl (C=O) groups excluding carboxylic acids is 1. The molecule has 0 aromatic heterocycles. The monoisotopic (exact) mass is 606 g/mol. The Morgan fingerprint density at radius 1 is 0.800 bits per heavy atom. The molecular formula is C28H35F4IO2. The third kappa shape index (κ3) is 11.3. The highest BCUT2D eigenvalue weighted by Crippen LogP contribution is 2.27. The van der Waals surface area contributed by atoms with E-state index < -0.39 is 35.0 Å². The SMILES string of the molecule is CC(CCCCCCCCCCCCc1ccc(I)cc1)CC(=O)Oc1c(F)c(F)cc(F)c1F. The van der Waals surface area contributed by atoms with Crippen LogP contribution in [0.15, 0.2) is 30.3 Å². The van der Waals surface area contributed by atoms with Crippen LogP contribution in [-0.2, 0) is 11.2 Å². The van der Waals surface area contributed by atoms with Gasteiger partial charge in [-0.2, -0.15) is 8.78 Å². The minimum atomic E-state index is -1.70. The molecule has 1 atom stereocenters. The van der Waals surface area contributed by atoms with Crippen molar-refractivity contribution in [2.24, 2.45) is 5.92 Å². The van der Waals surface area contributed by atoms with Crippen molar-refractivity contribution >= 4 is 28.6 Å². The topological polar surface area (TPSA) is 26.3 Å². The summed E-state index contributed by atoms with van der Waals surface area (Å²) in [5.74, 6) is -8.87. The third-order valence-electron chi connectivity index (χ3n) is 6.13. The molecule has 0 aliphatic carbocycles. The van der Waals surface area contributed by atoms with E-state index in [0.29, 0.717) is 0 Å². The van der Waals surface area contributed by atoms with Crippen molar-refractivity contribution in [2.45, 2.75) is 90.4 Å². The zero-order chi connectivity index (χ0) is 25.6. The molecule has 1 unspecified atom stereocenters. The number of esters is 1. The molecule has 0 saturated heterocycles. The maximum absolute atomic E-state index is 13.6. The van der Waals surface area contributed by atoms with Gasteiger partial charge in [0.15, 0.2) is 11.6 Å². The van der Waals surface area contributed by atoms with Gasteiger partial charge in [-0.05, 0) is 59.0 Å². The van der Waals surface area contributed by atoms with E-state index in [0.717, 1.165) is 32.1 Å². The van der Waals surface area contributed by atoms with Gasteiger partial charge in [0.05, 0.1) is 0 Å². The second kappa shape index (κ2) is 16.2. The molecule has 0 aliphatic rings. The Balaban J connectivity index is 1.45. The van der Waals surface area contributed by atoms with E-state index in [1.165, 1.54) is 54.1 Å². The molecule has 2 aromatic carbocycles. The standard InChI is InChI=1S/C28H35F4IO2/c1-20(18-25(34)35-28-26(31)23(29)19-24(30)27(28)32)12-10-8-6-4-2-3-5-7-9-11-13-21-14-16-22(33)17-15-21/h14-17,19-20H,2-13,18H2,1H3. The van der Waals surface area contributed by atoms with Crippen molar-refractivity contribution in [3.05, 3.63) is 62.7 Å². The minimum Gasteiger partial charge on any atom is -0.420 e. The molecule has 194 valence electrons. The Morgan fingerprint density at radius 3 is 1.83 bits per heavy atom. The van der Waals surface area contributed by atoms with Crippen LogP contribution in [0.5, 0.6) is 5.75 Å². The molecule has 0 aliphatic heterocycles. The van der Waals surface area contributed by atoms with Crippen molar-refractivity contribution in [1.29, 1.82) is 0 Å². The fourth-order valence-electron chi connectivity index (χ4n) is 4.07. The number of hydrogen-bond acceptors (Lipinski definition) is 2. The van der Waals surface area contributed by atoms with Crippen molar-refractivity contribution in [1.82, 2.24) is 0 Å². The lowest BCUT2D eigenvalue weighted by atomic mass is 9.98. The average Bonchev–Trinajstić information content (AvgIpc) is 2.82. The summed E-state index contributed by atoms with van der Waals surface area (Å²) in [5.41, 5.74) is 1.42. The summed E-state index contributed by atoms with van der Waals surface area (Å²) >= 11 is 2.33. The van der Waals surface area contributed by atoms with E-state index in [9.17, 15) is 22.4 Å². The van der Waals surface area contributed by atoms with Crippen LogP contribution < -0.4 is 4.74 Å². The van der Waals surface area contributed by atoms with Crippen LogP contribution >= 0.6 is 22.6 Å². The van der Waals surface area contributed by atoms with E-state index in [1.54, 1.807) is 0 Å². The Kier molecular flexibility index (Phi) is 13.7. The van der Waals surface area contributed by atoms with Crippen LogP contribution in [0.4, 0.5) is 17.6 Å². The molecular weight excluding hydrogens is 571 g/mol. The molecule has 0 radical (unpaired) electrons. The molecule has 0 N–H and O–H groups in total. The summed E-state index contributed by atoms with van der Waals surface area (Å²) in [7, 11) is 0. The number of rotatable bonds is 16. The highest BCUT2D eigenvalue weighted by atomic mass is 127. The smallest absolute Gasteiger partial charge is 0.311 e. The highest BCUT2D eigenvalue weighted by Gasteiger charge is 2.23. The second-order valence-electron chi connectivity index (χ2n) is 9.28. The van der Waals surface area contributed by atoms with Gasteiger partial charge in [-0.3, -0.25) is 4.79 Å². The van der Waals surface area contributed by atoms with Gasteiger partial charge in [-0.25, -0.2) is 8.78 Å². The average molecular weight is 606 g/mol. The molecule has 0 heterocycles. The molecule has 0 bridgehead atoms. The predicted octanol–water partition coefficient (Wildman–Crippen LogP) is 9.31. The molecule has 2 rings (SSSR count). The Hall–Kier alpha value is -1.64. The highest BCUT2D eigenvalue weighted by molar-refractivity contribution is 14.1. The van der Waals surface area contributed by atoms with Crippen LogP contribution in [0.2, 0.25) is 0 Å². The number of halogens is 5. The first-order chi connectivity index (χ1) is 16.8. The van der Waals surface area contributed by atoms with Gasteiger partial charge in [0.1, 0.15) is 0 Å². The Labute approximate surface area is 220 Å². The molecule has 7 heteroatoms. The van der Waals surface area contributed by atoms with Crippen LogP contribution in [0.3, 0.4) is 0 Å². The fourth-order valence-corrected chi connectivity index (χ4v) is 4.43. The molecule has 35 heavy (non-hydrogen) atoms. The first-order valence-corrected chi connectivity index (χ1v) is 13.6. The van der Waals surface area contributed by atoms with Gasteiger partial charge in [0.2, 0.25) is 17.4 Å². The first kappa shape index (κ1) is 29.6. The van der Waals surface area contributed by atoms with Crippen molar-refractivity contribution in [3.63, 3.8) is 0 Å². The number of carbonyl (C=O) groups is 1. The molecule has 0 spiro atoms. The number of unbranched alkanes of at least 4 members (excludes halogenated alkanes) is 9. The van der Waals surface area contributed by atoms with Crippen molar-refractivity contribution in [2.75, 3.05) is 0 Å². The van der Waals surface area contributed by atoms with Crippen molar-refractivity contribution in [3.8, 4) is 5.75 Å². The maximum atomic E-state index is 13.6. The summed E-state index contributed by atoms with van der Waals surface area (Å²) in [5, 5.41) is 0. The summed E-state index contributed by atoms with van der Waals surface area (Å²) in [6, 6.07) is 8.83. The normalized spacial score (nSPS) is 12.1. The van der Waals surface area contributed by atoms with Crippen LogP contribution in [0.25, 0.3) is 0 Å². The zero-order valence-electron chi connectivity index (χ0n) is 20.4. The Morgan fingerprint density at radius 2 is 1.29 bits per heavy atom. The molecule has 0 fully saturated rings. The Bertz CT molecular complexity index is 892. The lowest BCUT2D eigenvalue weighted by Crippen LogP contribution is -2.15. The van der Waals surface area contributed by atoms with Gasteiger partial charge < -0.3 is 4.74 Å². The predicted molar refractivity (Wildman–Crippen MR) is 139 cm³/mol. The van der Waals surface area contributed by atoms with E-state index in [-0.39, 0.29) is 18.4 Å². The summed E-state index contributed by atoms with van der Waals surface area (Å²) in [6.07, 6.45) is 13.8. The van der Waals surface area contributed by atoms with Crippen molar-refractivity contribution < 1.29 is 27.1 Å². The van der Waals surface area contributed by atoms with E-state index in [1.807, 2.05) is 6.92 Å². The molecule has 0 amide bonds. The first-order valence-electron chi connectivity index (χ1n) is 12.6. The lowest BCUT2D eigenvalue weighted by Gasteiger charge is -2.12. The zero-order valence-corrected chi connectivity index (χ0v) is 22.5.